The molecule has 0 spiro atoms. The maximum absolute atomic E-state index is 15.5. The highest BCUT2D eigenvalue weighted by molar-refractivity contribution is 5.83. The van der Waals surface area contributed by atoms with E-state index in [-0.39, 0.29) is 18.3 Å². The first kappa shape index (κ1) is 25.9. The van der Waals surface area contributed by atoms with E-state index in [2.05, 4.69) is 20.1 Å². The number of hydrogen-bond donors (Lipinski definition) is 1. The lowest BCUT2D eigenvalue weighted by Gasteiger charge is -2.38. The van der Waals surface area contributed by atoms with Gasteiger partial charge in [0.05, 0.1) is 18.8 Å². The molecule has 0 unspecified atom stereocenters. The number of fused-ring (bicyclic) bond motifs is 1. The number of halogens is 1. The predicted molar refractivity (Wildman–Crippen MR) is 137 cm³/mol. The maximum atomic E-state index is 15.5. The van der Waals surface area contributed by atoms with Crippen molar-refractivity contribution in [1.82, 2.24) is 20.1 Å². The summed E-state index contributed by atoms with van der Waals surface area (Å²) < 4.78 is 20.8. The molecule has 0 radical (unpaired) electrons. The smallest absolute Gasteiger partial charge is 0.303 e. The van der Waals surface area contributed by atoms with Gasteiger partial charge in [-0.25, -0.2) is 4.39 Å². The number of benzene rings is 1. The minimum Gasteiger partial charge on any atom is -0.497 e. The second kappa shape index (κ2) is 12.7. The summed E-state index contributed by atoms with van der Waals surface area (Å²) in [4.78, 5) is 18.3. The number of aliphatic carboxylic acids is 1. The number of carbonyl (C=O) groups is 1. The Labute approximate surface area is 211 Å². The van der Waals surface area contributed by atoms with Crippen molar-refractivity contribution < 1.29 is 19.0 Å². The van der Waals surface area contributed by atoms with E-state index in [0.29, 0.717) is 24.2 Å². The fraction of sp³-hybridized carbons (Fsp3) is 0.500. The van der Waals surface area contributed by atoms with Gasteiger partial charge in [-0.2, -0.15) is 10.2 Å². The van der Waals surface area contributed by atoms with E-state index in [9.17, 15) is 9.90 Å². The van der Waals surface area contributed by atoms with Gasteiger partial charge in [0.1, 0.15) is 11.9 Å². The molecular formula is C28H35FN4O3. The van der Waals surface area contributed by atoms with Crippen molar-refractivity contribution >= 4 is 16.9 Å². The number of methoxy groups -OCH3 is 1. The highest BCUT2D eigenvalue weighted by atomic mass is 19.1. The number of carboxylic acid groups (broad SMARTS) is 1. The summed E-state index contributed by atoms with van der Waals surface area (Å²) in [7, 11) is 1.59. The Morgan fingerprint density at radius 1 is 1.19 bits per heavy atom. The summed E-state index contributed by atoms with van der Waals surface area (Å²) in [5.74, 6) is 0.152. The fourth-order valence-electron chi connectivity index (χ4n) is 5.39. The van der Waals surface area contributed by atoms with E-state index < -0.39 is 12.1 Å². The minimum absolute atomic E-state index is 0.0436. The third-order valence-corrected chi connectivity index (χ3v) is 7.36. The number of aromatic nitrogens is 3. The first-order valence-electron chi connectivity index (χ1n) is 12.8. The number of hydrogen-bond acceptors (Lipinski definition) is 6. The molecule has 8 heteroatoms. The maximum Gasteiger partial charge on any atom is 0.303 e. The highest BCUT2D eigenvalue weighted by Gasteiger charge is 2.31. The number of carboxylic acids is 1. The van der Waals surface area contributed by atoms with Gasteiger partial charge in [-0.05, 0) is 105 Å². The average Bonchev–Trinajstić information content (AvgIpc) is 2.90. The van der Waals surface area contributed by atoms with Crippen LogP contribution in [0.15, 0.2) is 48.9 Å². The van der Waals surface area contributed by atoms with Gasteiger partial charge in [-0.15, -0.1) is 0 Å². The van der Waals surface area contributed by atoms with Crippen LogP contribution in [-0.4, -0.2) is 57.9 Å². The summed E-state index contributed by atoms with van der Waals surface area (Å²) in [6.45, 7) is 2.65. The van der Waals surface area contributed by atoms with Crippen LogP contribution < -0.4 is 4.74 Å². The van der Waals surface area contributed by atoms with Crippen LogP contribution in [0.25, 0.3) is 10.9 Å². The van der Waals surface area contributed by atoms with Gasteiger partial charge >= 0.3 is 5.97 Å². The van der Waals surface area contributed by atoms with Crippen LogP contribution in [0.1, 0.15) is 55.8 Å². The van der Waals surface area contributed by atoms with Crippen molar-refractivity contribution in [3.63, 3.8) is 0 Å². The Bertz CT molecular complexity index is 1130. The van der Waals surface area contributed by atoms with E-state index >= 15 is 4.39 Å². The standard InChI is InChI=1S/C28H35FN4O3/c1-36-23-6-8-27-25(17-23)24(10-12-30-27)26(29)7-5-21-11-15-33(19-22(21)16-28(34)35)14-3-2-4-20-9-13-31-32-18-20/h6,8-10,12-13,17-18,21-22,26H,2-5,7,11,14-16,19H2,1H3,(H,34,35)/t21-,22+,26+/m1/s1. The third-order valence-electron chi connectivity index (χ3n) is 7.36. The number of piperidine rings is 1. The van der Waals surface area contributed by atoms with Gasteiger partial charge in [0.2, 0.25) is 0 Å². The lowest BCUT2D eigenvalue weighted by molar-refractivity contribution is -0.139. The van der Waals surface area contributed by atoms with Crippen molar-refractivity contribution in [3.05, 3.63) is 60.0 Å². The molecule has 0 saturated carbocycles. The van der Waals surface area contributed by atoms with Crippen molar-refractivity contribution in [2.75, 3.05) is 26.7 Å². The average molecular weight is 495 g/mol. The molecule has 3 aromatic rings. The molecule has 1 saturated heterocycles. The number of likely N-dealkylation sites (tertiary alicyclic amines) is 1. The Hall–Kier alpha value is -3.13. The predicted octanol–water partition coefficient (Wildman–Crippen LogP) is 5.26. The molecule has 0 aliphatic carbocycles. The van der Waals surface area contributed by atoms with E-state index in [0.717, 1.165) is 56.2 Å². The number of rotatable bonds is 12. The quantitative estimate of drug-likeness (QED) is 0.344. The molecule has 2 aromatic heterocycles. The molecule has 1 aliphatic rings. The zero-order valence-corrected chi connectivity index (χ0v) is 20.9. The van der Waals surface area contributed by atoms with E-state index in [4.69, 9.17) is 4.74 Å². The van der Waals surface area contributed by atoms with Gasteiger partial charge < -0.3 is 14.7 Å². The van der Waals surface area contributed by atoms with Crippen LogP contribution in [-0.2, 0) is 11.2 Å². The highest BCUT2D eigenvalue weighted by Crippen LogP contribution is 2.36. The van der Waals surface area contributed by atoms with Crippen LogP contribution in [0.4, 0.5) is 4.39 Å². The summed E-state index contributed by atoms with van der Waals surface area (Å²) in [6, 6.07) is 9.24. The van der Waals surface area contributed by atoms with Crippen molar-refractivity contribution in [3.8, 4) is 5.75 Å². The number of unbranched alkanes of at least 4 members (excludes halogenated alkanes) is 1. The summed E-state index contributed by atoms with van der Waals surface area (Å²) >= 11 is 0. The summed E-state index contributed by atoms with van der Waals surface area (Å²) in [5, 5.41) is 18.0. The molecule has 1 aliphatic heterocycles. The number of alkyl halides is 1. The zero-order valence-electron chi connectivity index (χ0n) is 20.9. The molecule has 1 N–H and O–H groups in total. The van der Waals surface area contributed by atoms with E-state index in [1.165, 1.54) is 5.56 Å². The van der Waals surface area contributed by atoms with E-state index in [1.54, 1.807) is 31.8 Å². The molecule has 3 heterocycles. The number of pyridine rings is 1. The molecule has 3 atom stereocenters. The third kappa shape index (κ3) is 6.97. The fourth-order valence-corrected chi connectivity index (χ4v) is 5.39. The molecule has 1 aromatic carbocycles. The van der Waals surface area contributed by atoms with Crippen molar-refractivity contribution in [2.45, 2.75) is 51.1 Å². The Morgan fingerprint density at radius 3 is 2.86 bits per heavy atom. The normalized spacial score (nSPS) is 19.3. The molecule has 7 nitrogen and oxygen atoms in total. The van der Waals surface area contributed by atoms with Crippen LogP contribution >= 0.6 is 0 Å². The second-order valence-electron chi connectivity index (χ2n) is 9.74. The molecular weight excluding hydrogens is 459 g/mol. The van der Waals surface area contributed by atoms with Crippen LogP contribution in [0.2, 0.25) is 0 Å². The van der Waals surface area contributed by atoms with Gasteiger partial charge in [0, 0.05) is 30.7 Å². The summed E-state index contributed by atoms with van der Waals surface area (Å²) in [6.07, 6.45) is 9.21. The van der Waals surface area contributed by atoms with Gasteiger partial charge in [0.15, 0.2) is 0 Å². The number of nitrogens with zero attached hydrogens (tertiary/aromatic N) is 4. The van der Waals surface area contributed by atoms with Crippen molar-refractivity contribution in [2.24, 2.45) is 11.8 Å². The monoisotopic (exact) mass is 494 g/mol. The molecule has 36 heavy (non-hydrogen) atoms. The number of aryl methyl sites for hydroxylation is 1. The largest absolute Gasteiger partial charge is 0.497 e. The molecule has 4 rings (SSSR count). The van der Waals surface area contributed by atoms with E-state index in [1.807, 2.05) is 24.3 Å². The SMILES string of the molecule is COc1ccc2nccc([C@@H](F)CC[C@@H]3CCN(CCCCc4ccnnc4)C[C@@H]3CC(=O)O)c2c1. The topological polar surface area (TPSA) is 88.4 Å². The van der Waals surface area contributed by atoms with Gasteiger partial charge in [-0.3, -0.25) is 9.78 Å². The first-order chi connectivity index (χ1) is 17.5. The Balaban J connectivity index is 1.31. The number of ether oxygens (including phenoxy) is 1. The van der Waals surface area contributed by atoms with Gasteiger partial charge in [-0.1, -0.05) is 0 Å². The lowest BCUT2D eigenvalue weighted by Crippen LogP contribution is -2.41. The lowest BCUT2D eigenvalue weighted by atomic mass is 9.79. The molecule has 0 amide bonds. The van der Waals surface area contributed by atoms with Crippen molar-refractivity contribution in [1.29, 1.82) is 0 Å². The van der Waals surface area contributed by atoms with Crippen LogP contribution in [0.3, 0.4) is 0 Å². The van der Waals surface area contributed by atoms with Crippen LogP contribution in [0.5, 0.6) is 5.75 Å². The molecule has 0 bridgehead atoms. The van der Waals surface area contributed by atoms with Crippen LogP contribution in [0, 0.1) is 11.8 Å². The Kier molecular flexibility index (Phi) is 9.17. The summed E-state index contributed by atoms with van der Waals surface area (Å²) in [5.41, 5.74) is 2.55. The molecule has 192 valence electrons. The Morgan fingerprint density at radius 2 is 2.08 bits per heavy atom. The minimum atomic E-state index is -1.13. The first-order valence-corrected chi connectivity index (χ1v) is 12.8. The molecule has 1 fully saturated rings. The second-order valence-corrected chi connectivity index (χ2v) is 9.74. The van der Waals surface area contributed by atoms with Gasteiger partial charge in [0.25, 0.3) is 0 Å². The zero-order chi connectivity index (χ0) is 25.3.